The van der Waals surface area contributed by atoms with Gasteiger partial charge < -0.3 is 10.1 Å². The van der Waals surface area contributed by atoms with Crippen molar-refractivity contribution < 1.29 is 22.7 Å². The summed E-state index contributed by atoms with van der Waals surface area (Å²) in [4.78, 5) is 11.5. The molecule has 0 aliphatic carbocycles. The van der Waals surface area contributed by atoms with Crippen LogP contribution in [0, 0.1) is 5.41 Å². The first-order valence-corrected chi connectivity index (χ1v) is 5.39. The highest BCUT2D eigenvalue weighted by Crippen LogP contribution is 2.43. The second-order valence-electron chi connectivity index (χ2n) is 4.00. The van der Waals surface area contributed by atoms with Crippen LogP contribution >= 0.6 is 0 Å². The predicted molar refractivity (Wildman–Crippen MR) is 51.8 cm³/mol. The van der Waals surface area contributed by atoms with E-state index >= 15 is 0 Å². The van der Waals surface area contributed by atoms with Gasteiger partial charge in [-0.1, -0.05) is 13.3 Å². The quantitative estimate of drug-likeness (QED) is 0.601. The Morgan fingerprint density at radius 2 is 2.19 bits per heavy atom. The molecule has 1 heterocycles. The number of esters is 1. The lowest BCUT2D eigenvalue weighted by atomic mass is 9.86. The van der Waals surface area contributed by atoms with E-state index in [9.17, 15) is 18.0 Å². The van der Waals surface area contributed by atoms with E-state index in [1.165, 1.54) is 0 Å². The molecule has 1 N–H and O–H groups in total. The van der Waals surface area contributed by atoms with Crippen molar-refractivity contribution in [3.63, 3.8) is 0 Å². The van der Waals surface area contributed by atoms with Crippen LogP contribution in [0.1, 0.15) is 26.2 Å². The Morgan fingerprint density at radius 3 is 2.62 bits per heavy atom. The molecule has 94 valence electrons. The van der Waals surface area contributed by atoms with Crippen molar-refractivity contribution in [1.82, 2.24) is 5.32 Å². The Hall–Kier alpha value is -0.780. The molecule has 1 unspecified atom stereocenters. The molecule has 1 aliphatic heterocycles. The van der Waals surface area contributed by atoms with Gasteiger partial charge in [-0.15, -0.1) is 0 Å². The Labute approximate surface area is 92.3 Å². The van der Waals surface area contributed by atoms with Crippen molar-refractivity contribution in [3.8, 4) is 0 Å². The SMILES string of the molecule is CCCCOC(=O)C1(C(F)(F)F)CCNC1. The molecule has 1 aliphatic rings. The molecular weight excluding hydrogens is 223 g/mol. The van der Waals surface area contributed by atoms with Gasteiger partial charge in [0.25, 0.3) is 0 Å². The van der Waals surface area contributed by atoms with Crippen molar-refractivity contribution in [1.29, 1.82) is 0 Å². The number of nitrogens with one attached hydrogen (secondary N) is 1. The Bertz CT molecular complexity index is 247. The van der Waals surface area contributed by atoms with Crippen molar-refractivity contribution in [3.05, 3.63) is 0 Å². The van der Waals surface area contributed by atoms with Crippen molar-refractivity contribution in [2.45, 2.75) is 32.4 Å². The zero-order valence-corrected chi connectivity index (χ0v) is 9.19. The summed E-state index contributed by atoms with van der Waals surface area (Å²) < 4.78 is 43.2. The van der Waals surface area contributed by atoms with Gasteiger partial charge in [-0.3, -0.25) is 4.79 Å². The Morgan fingerprint density at radius 1 is 1.50 bits per heavy atom. The number of alkyl halides is 3. The maximum absolute atomic E-state index is 12.8. The Balaban J connectivity index is 2.67. The molecule has 1 atom stereocenters. The smallest absolute Gasteiger partial charge is 0.406 e. The minimum atomic E-state index is -4.54. The lowest BCUT2D eigenvalue weighted by molar-refractivity contribution is -0.229. The molecule has 0 saturated carbocycles. The van der Waals surface area contributed by atoms with E-state index in [1.807, 2.05) is 6.92 Å². The molecule has 16 heavy (non-hydrogen) atoms. The van der Waals surface area contributed by atoms with Crippen LogP contribution in [0.3, 0.4) is 0 Å². The van der Waals surface area contributed by atoms with Gasteiger partial charge in [-0.25, -0.2) is 0 Å². The molecule has 6 heteroatoms. The van der Waals surface area contributed by atoms with Crippen LogP contribution in [-0.2, 0) is 9.53 Å². The van der Waals surface area contributed by atoms with Gasteiger partial charge in [0.1, 0.15) is 0 Å². The minimum Gasteiger partial charge on any atom is -0.465 e. The van der Waals surface area contributed by atoms with Crippen LogP contribution in [0.5, 0.6) is 0 Å². The van der Waals surface area contributed by atoms with Crippen LogP contribution < -0.4 is 5.32 Å². The topological polar surface area (TPSA) is 38.3 Å². The Kier molecular flexibility index (Phi) is 4.18. The van der Waals surface area contributed by atoms with Crippen LogP contribution in [0.2, 0.25) is 0 Å². The molecule has 1 saturated heterocycles. The second kappa shape index (κ2) is 5.03. The second-order valence-corrected chi connectivity index (χ2v) is 4.00. The van der Waals surface area contributed by atoms with E-state index in [0.717, 1.165) is 6.42 Å². The van der Waals surface area contributed by atoms with Gasteiger partial charge >= 0.3 is 12.1 Å². The van der Waals surface area contributed by atoms with E-state index in [0.29, 0.717) is 6.42 Å². The van der Waals surface area contributed by atoms with Crippen molar-refractivity contribution >= 4 is 5.97 Å². The zero-order chi connectivity index (χ0) is 12.2. The standard InChI is InChI=1S/C10H16F3NO2/c1-2-3-6-16-8(15)9(10(11,12)13)4-5-14-7-9/h14H,2-7H2,1H3. The van der Waals surface area contributed by atoms with Gasteiger partial charge in [0.2, 0.25) is 0 Å². The van der Waals surface area contributed by atoms with Gasteiger partial charge in [0.15, 0.2) is 5.41 Å². The zero-order valence-electron chi connectivity index (χ0n) is 9.19. The highest BCUT2D eigenvalue weighted by Gasteiger charge is 2.62. The largest absolute Gasteiger partial charge is 0.465 e. The summed E-state index contributed by atoms with van der Waals surface area (Å²) in [5.41, 5.74) is -2.33. The average Bonchev–Trinajstić information content (AvgIpc) is 2.66. The highest BCUT2D eigenvalue weighted by atomic mass is 19.4. The number of ether oxygens (including phenoxy) is 1. The van der Waals surface area contributed by atoms with Gasteiger partial charge in [-0.2, -0.15) is 13.2 Å². The first-order chi connectivity index (χ1) is 7.44. The van der Waals surface area contributed by atoms with Crippen molar-refractivity contribution in [2.24, 2.45) is 5.41 Å². The molecule has 0 spiro atoms. The van der Waals surface area contributed by atoms with Gasteiger partial charge in [-0.05, 0) is 19.4 Å². The third-order valence-corrected chi connectivity index (χ3v) is 2.82. The van der Waals surface area contributed by atoms with Crippen LogP contribution in [0.4, 0.5) is 13.2 Å². The number of rotatable bonds is 4. The molecule has 1 rings (SSSR count). The molecule has 0 radical (unpaired) electrons. The minimum absolute atomic E-state index is 0.0627. The summed E-state index contributed by atoms with van der Waals surface area (Å²) in [6, 6.07) is 0. The fourth-order valence-electron chi connectivity index (χ4n) is 1.67. The van der Waals surface area contributed by atoms with E-state index in [1.54, 1.807) is 0 Å². The number of hydrogen-bond acceptors (Lipinski definition) is 3. The summed E-state index contributed by atoms with van der Waals surface area (Å²) in [7, 11) is 0. The molecule has 0 amide bonds. The van der Waals surface area contributed by atoms with E-state index in [2.05, 4.69) is 5.32 Å². The molecule has 3 nitrogen and oxygen atoms in total. The molecular formula is C10H16F3NO2. The van der Waals surface area contributed by atoms with Crippen LogP contribution in [0.25, 0.3) is 0 Å². The van der Waals surface area contributed by atoms with Gasteiger partial charge in [0, 0.05) is 6.54 Å². The fourth-order valence-corrected chi connectivity index (χ4v) is 1.67. The summed E-state index contributed by atoms with van der Waals surface area (Å²) in [5, 5.41) is 2.57. The molecule has 1 fully saturated rings. The third kappa shape index (κ3) is 2.48. The first kappa shape index (κ1) is 13.3. The van der Waals surface area contributed by atoms with Crippen molar-refractivity contribution in [2.75, 3.05) is 19.7 Å². The number of halogens is 3. The summed E-state index contributed by atoms with van der Waals surface area (Å²) in [6.45, 7) is 1.77. The number of carbonyl (C=O) groups excluding carboxylic acids is 1. The van der Waals surface area contributed by atoms with E-state index in [4.69, 9.17) is 4.74 Å². The molecule has 0 aromatic carbocycles. The van der Waals surface area contributed by atoms with Gasteiger partial charge in [0.05, 0.1) is 6.61 Å². The maximum atomic E-state index is 12.8. The molecule has 0 bridgehead atoms. The maximum Gasteiger partial charge on any atom is 0.406 e. The van der Waals surface area contributed by atoms with E-state index < -0.39 is 17.6 Å². The summed E-state index contributed by atoms with van der Waals surface area (Å²) in [5.74, 6) is -1.14. The molecule has 0 aromatic heterocycles. The lowest BCUT2D eigenvalue weighted by Crippen LogP contribution is -2.47. The number of carbonyl (C=O) groups is 1. The normalized spacial score (nSPS) is 25.8. The van der Waals surface area contributed by atoms with Crippen LogP contribution in [-0.4, -0.2) is 31.8 Å². The van der Waals surface area contributed by atoms with E-state index in [-0.39, 0.29) is 26.1 Å². The monoisotopic (exact) mass is 239 g/mol. The number of unbranched alkanes of at least 4 members (excludes halogenated alkanes) is 1. The molecule has 0 aromatic rings. The fraction of sp³-hybridized carbons (Fsp3) is 0.900. The average molecular weight is 239 g/mol. The summed E-state index contributed by atoms with van der Waals surface area (Å²) >= 11 is 0. The number of hydrogen-bond donors (Lipinski definition) is 1. The first-order valence-electron chi connectivity index (χ1n) is 5.39. The highest BCUT2D eigenvalue weighted by molar-refractivity contribution is 5.78. The summed E-state index contributed by atoms with van der Waals surface area (Å²) in [6.07, 6.45) is -3.40. The lowest BCUT2D eigenvalue weighted by Gasteiger charge is -2.28. The third-order valence-electron chi connectivity index (χ3n) is 2.82. The van der Waals surface area contributed by atoms with Crippen LogP contribution in [0.15, 0.2) is 0 Å². The predicted octanol–water partition coefficient (Wildman–Crippen LogP) is 1.87.